The summed E-state index contributed by atoms with van der Waals surface area (Å²) in [6, 6.07) is 2.21. The molecule has 102 valence electrons. The van der Waals surface area contributed by atoms with Crippen LogP contribution in [0.1, 0.15) is 19.3 Å². The van der Waals surface area contributed by atoms with E-state index in [1.165, 1.54) is 51.1 Å². The summed E-state index contributed by atoms with van der Waals surface area (Å²) in [7, 11) is 1.73. The minimum absolute atomic E-state index is 0.439. The molecule has 1 atom stereocenters. The molecule has 3 fully saturated rings. The molecule has 3 aliphatic rings. The Balaban J connectivity index is 1.83. The molecule has 4 heteroatoms. The minimum Gasteiger partial charge on any atom is -0.495 e. The number of piperidine rings is 1. The Bertz CT molecular complexity index is 488. The van der Waals surface area contributed by atoms with Crippen molar-refractivity contribution in [1.82, 2.24) is 14.8 Å². The third-order valence-corrected chi connectivity index (χ3v) is 5.93. The maximum Gasteiger partial charge on any atom is 0.155 e. The van der Waals surface area contributed by atoms with Crippen molar-refractivity contribution in [2.75, 3.05) is 33.3 Å². The highest BCUT2D eigenvalue weighted by Gasteiger charge is 2.67. The average Bonchev–Trinajstić information content (AvgIpc) is 3.16. The first kappa shape index (κ1) is 11.7. The van der Waals surface area contributed by atoms with Crippen molar-refractivity contribution in [1.29, 1.82) is 0 Å². The Morgan fingerprint density at radius 2 is 2.21 bits per heavy atom. The number of hydrogen-bond acceptors (Lipinski definition) is 3. The highest BCUT2D eigenvalue weighted by atomic mass is 16.5. The molecule has 0 aromatic carbocycles. The molecular formula is C15H22N3O+. The number of quaternary nitrogens is 1. The van der Waals surface area contributed by atoms with E-state index in [2.05, 4.69) is 22.6 Å². The number of aromatic nitrogens is 1. The van der Waals surface area contributed by atoms with Crippen LogP contribution in [0, 0.1) is 5.92 Å². The summed E-state index contributed by atoms with van der Waals surface area (Å²) in [6.07, 6.45) is 7.94. The Morgan fingerprint density at radius 1 is 1.37 bits per heavy atom. The second-order valence-corrected chi connectivity index (χ2v) is 6.30. The van der Waals surface area contributed by atoms with E-state index in [-0.39, 0.29) is 0 Å². The van der Waals surface area contributed by atoms with Gasteiger partial charge in [0.05, 0.1) is 39.1 Å². The van der Waals surface area contributed by atoms with E-state index in [1.54, 1.807) is 7.11 Å². The molecule has 0 radical (unpaired) electrons. The third-order valence-electron chi connectivity index (χ3n) is 5.93. The largest absolute Gasteiger partial charge is 0.495 e. The maximum atomic E-state index is 5.38. The molecule has 0 amide bonds. The van der Waals surface area contributed by atoms with Crippen molar-refractivity contribution >= 4 is 5.69 Å². The van der Waals surface area contributed by atoms with Crippen molar-refractivity contribution in [3.05, 3.63) is 18.5 Å². The van der Waals surface area contributed by atoms with E-state index < -0.39 is 0 Å². The number of ether oxygens (including phenoxy) is 1. The Labute approximate surface area is 114 Å². The summed E-state index contributed by atoms with van der Waals surface area (Å²) in [6.45, 7) is 4.91. The van der Waals surface area contributed by atoms with Crippen LogP contribution in [0.2, 0.25) is 0 Å². The Kier molecular flexibility index (Phi) is 2.42. The van der Waals surface area contributed by atoms with Gasteiger partial charge in [0.2, 0.25) is 0 Å². The number of rotatable bonds is 2. The van der Waals surface area contributed by atoms with Crippen LogP contribution in [0.3, 0.4) is 0 Å². The first-order valence-electron chi connectivity index (χ1n) is 7.38. The topological polar surface area (TPSA) is 34.1 Å². The van der Waals surface area contributed by atoms with Crippen molar-refractivity contribution in [2.45, 2.75) is 24.8 Å². The molecule has 0 saturated carbocycles. The quantitative estimate of drug-likeness (QED) is 0.819. The van der Waals surface area contributed by atoms with Crippen LogP contribution in [0.25, 0.3) is 0 Å². The molecule has 19 heavy (non-hydrogen) atoms. The molecule has 1 N–H and O–H groups in total. The second kappa shape index (κ2) is 3.93. The first-order chi connectivity index (χ1) is 9.31. The smallest absolute Gasteiger partial charge is 0.155 e. The van der Waals surface area contributed by atoms with Gasteiger partial charge < -0.3 is 10.1 Å². The van der Waals surface area contributed by atoms with Gasteiger partial charge in [-0.15, -0.1) is 0 Å². The lowest BCUT2D eigenvalue weighted by Crippen LogP contribution is -2.61. The molecule has 0 aliphatic carbocycles. The number of nitrogens with zero attached hydrogens (tertiary/aromatic N) is 2. The molecule has 4 heterocycles. The number of pyridine rings is 1. The zero-order chi connectivity index (χ0) is 12.9. The minimum atomic E-state index is 0.439. The van der Waals surface area contributed by atoms with Crippen LogP contribution in [-0.2, 0) is 0 Å². The second-order valence-electron chi connectivity index (χ2n) is 6.30. The fourth-order valence-corrected chi connectivity index (χ4v) is 5.02. The van der Waals surface area contributed by atoms with Gasteiger partial charge in [0.1, 0.15) is 11.3 Å². The van der Waals surface area contributed by atoms with Gasteiger partial charge in [-0.2, -0.15) is 0 Å². The number of hydrogen-bond donors (Lipinski definition) is 1. The molecule has 4 nitrogen and oxygen atoms in total. The predicted octanol–water partition coefficient (Wildman–Crippen LogP) is 1.55. The van der Waals surface area contributed by atoms with E-state index >= 15 is 0 Å². The highest BCUT2D eigenvalue weighted by Crippen LogP contribution is 2.55. The van der Waals surface area contributed by atoms with Crippen LogP contribution in [0.15, 0.2) is 18.5 Å². The van der Waals surface area contributed by atoms with Crippen molar-refractivity contribution < 1.29 is 4.74 Å². The van der Waals surface area contributed by atoms with Gasteiger partial charge >= 0.3 is 0 Å². The van der Waals surface area contributed by atoms with Crippen LogP contribution in [-0.4, -0.2) is 43.8 Å². The van der Waals surface area contributed by atoms with Crippen LogP contribution in [0.4, 0.5) is 5.69 Å². The maximum absolute atomic E-state index is 5.38. The summed E-state index contributed by atoms with van der Waals surface area (Å²) in [5.41, 5.74) is 1.80. The molecule has 3 saturated heterocycles. The molecule has 2 bridgehead atoms. The van der Waals surface area contributed by atoms with Gasteiger partial charge in [-0.05, 0) is 0 Å². The van der Waals surface area contributed by atoms with Crippen LogP contribution >= 0.6 is 0 Å². The third kappa shape index (κ3) is 1.33. The molecule has 4 rings (SSSR count). The molecule has 1 aromatic heterocycles. The van der Waals surface area contributed by atoms with Gasteiger partial charge in [-0.3, -0.25) is 9.47 Å². The van der Waals surface area contributed by atoms with Gasteiger partial charge in [0, 0.05) is 37.8 Å². The summed E-state index contributed by atoms with van der Waals surface area (Å²) in [4.78, 5) is 4.41. The van der Waals surface area contributed by atoms with Crippen LogP contribution < -0.4 is 14.5 Å². The lowest BCUT2D eigenvalue weighted by molar-refractivity contribution is 0.192. The zero-order valence-electron chi connectivity index (χ0n) is 11.6. The Morgan fingerprint density at radius 3 is 2.89 bits per heavy atom. The van der Waals surface area contributed by atoms with E-state index in [9.17, 15) is 0 Å². The normalized spacial score (nSPS) is 40.2. The lowest BCUT2D eigenvalue weighted by atomic mass is 9.84. The summed E-state index contributed by atoms with van der Waals surface area (Å²) in [5, 5.41) is 3.61. The van der Waals surface area contributed by atoms with E-state index in [0.29, 0.717) is 5.54 Å². The van der Waals surface area contributed by atoms with Gasteiger partial charge in [0.15, 0.2) is 5.69 Å². The lowest BCUT2D eigenvalue weighted by Gasteiger charge is -2.43. The van der Waals surface area contributed by atoms with Crippen LogP contribution in [0.5, 0.6) is 5.75 Å². The zero-order valence-corrected chi connectivity index (χ0v) is 11.6. The Hall–Kier alpha value is -1.13. The van der Waals surface area contributed by atoms with Crippen molar-refractivity contribution in [2.24, 2.45) is 5.92 Å². The molecule has 1 aromatic rings. The molecule has 3 aliphatic heterocycles. The van der Waals surface area contributed by atoms with E-state index in [1.807, 2.05) is 6.20 Å². The van der Waals surface area contributed by atoms with Crippen molar-refractivity contribution in [3.63, 3.8) is 0 Å². The predicted molar refractivity (Wildman–Crippen MR) is 75.3 cm³/mol. The SMILES string of the molecule is COc1cncc([N+]23CCC(CC2)C32CCNC2)c1. The first-order valence-corrected chi connectivity index (χ1v) is 7.38. The standard InChI is InChI=1S/C15H22N3O/c1-19-14-8-13(9-17-10-14)18-6-2-12(3-7-18)15(18)4-5-16-11-15/h8-10,12,16H,2-7,11H2,1H3/q+1. The average molecular weight is 260 g/mol. The summed E-state index contributed by atoms with van der Waals surface area (Å²) >= 11 is 0. The fraction of sp³-hybridized carbons (Fsp3) is 0.667. The fourth-order valence-electron chi connectivity index (χ4n) is 5.02. The number of methoxy groups -OCH3 is 1. The van der Waals surface area contributed by atoms with E-state index in [4.69, 9.17) is 4.74 Å². The van der Waals surface area contributed by atoms with E-state index in [0.717, 1.165) is 16.2 Å². The summed E-state index contributed by atoms with van der Waals surface area (Å²) in [5.74, 6) is 1.79. The van der Waals surface area contributed by atoms with Gasteiger partial charge in [-0.1, -0.05) is 0 Å². The van der Waals surface area contributed by atoms with Gasteiger partial charge in [0.25, 0.3) is 0 Å². The molecule has 1 spiro atoms. The highest BCUT2D eigenvalue weighted by molar-refractivity contribution is 5.50. The monoisotopic (exact) mass is 260 g/mol. The molecular weight excluding hydrogens is 238 g/mol. The molecule has 1 unspecified atom stereocenters. The van der Waals surface area contributed by atoms with Gasteiger partial charge in [-0.25, -0.2) is 0 Å². The number of nitrogens with one attached hydrogen (secondary N) is 1. The summed E-state index contributed by atoms with van der Waals surface area (Å²) < 4.78 is 6.53. The van der Waals surface area contributed by atoms with Crippen molar-refractivity contribution in [3.8, 4) is 5.75 Å².